The Morgan fingerprint density at radius 1 is 0.889 bits per heavy atom. The zero-order chi connectivity index (χ0) is 12.5. The van der Waals surface area contributed by atoms with Gasteiger partial charge in [0, 0.05) is 5.39 Å². The van der Waals surface area contributed by atoms with E-state index in [4.69, 9.17) is 0 Å². The molecule has 1 heteroatoms. The minimum Gasteiger partial charge on any atom is -0.206 e. The maximum absolute atomic E-state index is 13.8. The number of hydrogen-bond donors (Lipinski definition) is 0. The van der Waals surface area contributed by atoms with Crippen molar-refractivity contribution in [3.05, 3.63) is 54.7 Å². The van der Waals surface area contributed by atoms with E-state index in [1.54, 1.807) is 6.07 Å². The molecule has 0 unspecified atom stereocenters. The number of benzene rings is 2. The zero-order valence-corrected chi connectivity index (χ0v) is 10.5. The molecule has 2 aromatic carbocycles. The first-order chi connectivity index (χ1) is 8.75. The third kappa shape index (κ3) is 2.03. The van der Waals surface area contributed by atoms with Gasteiger partial charge in [-0.1, -0.05) is 37.3 Å². The van der Waals surface area contributed by atoms with E-state index in [9.17, 15) is 4.39 Å². The van der Waals surface area contributed by atoms with E-state index >= 15 is 0 Å². The second-order valence-corrected chi connectivity index (χ2v) is 5.40. The fraction of sp³-hybridized carbons (Fsp3) is 0.353. The number of halogens is 1. The first-order valence-electron chi connectivity index (χ1n) is 6.76. The summed E-state index contributed by atoms with van der Waals surface area (Å²) < 4.78 is 13.8. The van der Waals surface area contributed by atoms with Gasteiger partial charge in [0.05, 0.1) is 0 Å². The summed E-state index contributed by atoms with van der Waals surface area (Å²) in [5, 5.41) is 1.84. The van der Waals surface area contributed by atoms with E-state index in [1.165, 1.54) is 31.2 Å². The smallest absolute Gasteiger partial charge is 0.131 e. The highest BCUT2D eigenvalue weighted by molar-refractivity contribution is 5.86. The Balaban J connectivity index is 2.04. The Morgan fingerprint density at radius 3 is 2.28 bits per heavy atom. The van der Waals surface area contributed by atoms with Gasteiger partial charge >= 0.3 is 0 Å². The van der Waals surface area contributed by atoms with Crippen LogP contribution in [0.25, 0.3) is 10.8 Å². The molecule has 1 aliphatic carbocycles. The third-order valence-electron chi connectivity index (χ3n) is 4.19. The van der Waals surface area contributed by atoms with Crippen molar-refractivity contribution in [2.75, 3.05) is 0 Å². The maximum atomic E-state index is 13.8. The lowest BCUT2D eigenvalue weighted by Gasteiger charge is -2.27. The summed E-state index contributed by atoms with van der Waals surface area (Å²) in [5.74, 6) is 1.07. The second kappa shape index (κ2) is 4.72. The van der Waals surface area contributed by atoms with E-state index in [2.05, 4.69) is 6.92 Å². The summed E-state index contributed by atoms with van der Waals surface area (Å²) in [6.07, 6.45) is 4.75. The van der Waals surface area contributed by atoms with Gasteiger partial charge in [-0.05, 0) is 54.5 Å². The fourth-order valence-corrected chi connectivity index (χ4v) is 3.12. The first kappa shape index (κ1) is 11.7. The first-order valence-corrected chi connectivity index (χ1v) is 6.76. The van der Waals surface area contributed by atoms with E-state index in [0.29, 0.717) is 11.8 Å². The van der Waals surface area contributed by atoms with Crippen LogP contribution in [0, 0.1) is 18.7 Å². The normalized spacial score (nSPS) is 24.3. The maximum Gasteiger partial charge on any atom is 0.131 e. The molecule has 93 valence electrons. The molecule has 1 aliphatic rings. The molecule has 3 rings (SSSR count). The van der Waals surface area contributed by atoms with E-state index in [1.807, 2.05) is 30.3 Å². The van der Waals surface area contributed by atoms with Crippen molar-refractivity contribution in [2.45, 2.75) is 31.6 Å². The summed E-state index contributed by atoms with van der Waals surface area (Å²) in [4.78, 5) is 0. The molecule has 1 radical (unpaired) electrons. The molecule has 0 atom stereocenters. The summed E-state index contributed by atoms with van der Waals surface area (Å²) in [6, 6.07) is 11.4. The lowest BCUT2D eigenvalue weighted by atomic mass is 9.78. The Bertz CT molecular complexity index is 551. The minimum atomic E-state index is -0.111. The zero-order valence-electron chi connectivity index (χ0n) is 10.5. The summed E-state index contributed by atoms with van der Waals surface area (Å²) in [5.41, 5.74) is 1.32. The SMILES string of the molecule is [CH2]C1CCC(c2ccc(F)c3ccccc23)CC1. The number of fused-ring (bicyclic) bond motifs is 1. The van der Waals surface area contributed by atoms with Gasteiger partial charge < -0.3 is 0 Å². The van der Waals surface area contributed by atoms with Crippen LogP contribution in [0.3, 0.4) is 0 Å². The van der Waals surface area contributed by atoms with Gasteiger partial charge in [0.25, 0.3) is 0 Å². The summed E-state index contributed by atoms with van der Waals surface area (Å²) >= 11 is 0. The minimum absolute atomic E-state index is 0.111. The Morgan fingerprint density at radius 2 is 1.56 bits per heavy atom. The fourth-order valence-electron chi connectivity index (χ4n) is 3.12. The van der Waals surface area contributed by atoms with Gasteiger partial charge in [-0.25, -0.2) is 4.39 Å². The van der Waals surface area contributed by atoms with Crippen molar-refractivity contribution in [1.82, 2.24) is 0 Å². The molecule has 0 spiro atoms. The third-order valence-corrected chi connectivity index (χ3v) is 4.19. The van der Waals surface area contributed by atoms with Crippen LogP contribution in [-0.4, -0.2) is 0 Å². The Hall–Kier alpha value is -1.37. The van der Waals surface area contributed by atoms with Crippen molar-refractivity contribution in [2.24, 2.45) is 5.92 Å². The van der Waals surface area contributed by atoms with Gasteiger partial charge in [0.1, 0.15) is 5.82 Å². The van der Waals surface area contributed by atoms with Crippen molar-refractivity contribution in [3.8, 4) is 0 Å². The molecular weight excluding hydrogens is 223 g/mol. The van der Waals surface area contributed by atoms with Crippen LogP contribution in [0.5, 0.6) is 0 Å². The average Bonchev–Trinajstić information content (AvgIpc) is 2.41. The number of hydrogen-bond acceptors (Lipinski definition) is 0. The van der Waals surface area contributed by atoms with Gasteiger partial charge in [0.2, 0.25) is 0 Å². The van der Waals surface area contributed by atoms with Crippen LogP contribution in [0.2, 0.25) is 0 Å². The molecule has 1 fully saturated rings. The predicted octanol–water partition coefficient (Wildman–Crippen LogP) is 5.09. The van der Waals surface area contributed by atoms with Gasteiger partial charge in [-0.15, -0.1) is 0 Å². The summed E-state index contributed by atoms with van der Waals surface area (Å²) in [7, 11) is 0. The van der Waals surface area contributed by atoms with E-state index < -0.39 is 0 Å². The predicted molar refractivity (Wildman–Crippen MR) is 74.0 cm³/mol. The number of rotatable bonds is 1. The Kier molecular flexibility index (Phi) is 3.07. The van der Waals surface area contributed by atoms with Crippen LogP contribution in [0.4, 0.5) is 4.39 Å². The molecule has 0 heterocycles. The average molecular weight is 241 g/mol. The van der Waals surface area contributed by atoms with E-state index in [-0.39, 0.29) is 5.82 Å². The molecule has 0 saturated heterocycles. The lowest BCUT2D eigenvalue weighted by Crippen LogP contribution is -2.11. The molecule has 0 nitrogen and oxygen atoms in total. The van der Waals surface area contributed by atoms with Crippen molar-refractivity contribution < 1.29 is 4.39 Å². The topological polar surface area (TPSA) is 0 Å². The molecule has 0 N–H and O–H groups in total. The highest BCUT2D eigenvalue weighted by Gasteiger charge is 2.21. The van der Waals surface area contributed by atoms with Crippen LogP contribution in [0.15, 0.2) is 36.4 Å². The Labute approximate surface area is 108 Å². The molecule has 1 saturated carbocycles. The van der Waals surface area contributed by atoms with Crippen LogP contribution >= 0.6 is 0 Å². The van der Waals surface area contributed by atoms with Gasteiger partial charge in [0.15, 0.2) is 0 Å². The molecule has 2 aromatic rings. The van der Waals surface area contributed by atoms with Gasteiger partial charge in [-0.2, -0.15) is 0 Å². The van der Waals surface area contributed by atoms with E-state index in [0.717, 1.165) is 10.8 Å². The molecule has 0 amide bonds. The van der Waals surface area contributed by atoms with Crippen LogP contribution in [-0.2, 0) is 0 Å². The molecule has 18 heavy (non-hydrogen) atoms. The largest absolute Gasteiger partial charge is 0.206 e. The molecule has 0 bridgehead atoms. The van der Waals surface area contributed by atoms with Crippen molar-refractivity contribution in [1.29, 1.82) is 0 Å². The molecular formula is C17H18F. The van der Waals surface area contributed by atoms with Crippen LogP contribution in [0.1, 0.15) is 37.2 Å². The molecule has 0 aromatic heterocycles. The highest BCUT2D eigenvalue weighted by Crippen LogP contribution is 2.38. The van der Waals surface area contributed by atoms with Gasteiger partial charge in [-0.3, -0.25) is 0 Å². The highest BCUT2D eigenvalue weighted by atomic mass is 19.1. The monoisotopic (exact) mass is 241 g/mol. The van der Waals surface area contributed by atoms with Crippen LogP contribution < -0.4 is 0 Å². The van der Waals surface area contributed by atoms with Crippen molar-refractivity contribution in [3.63, 3.8) is 0 Å². The summed E-state index contributed by atoms with van der Waals surface area (Å²) in [6.45, 7) is 4.14. The quantitative estimate of drug-likeness (QED) is 0.652. The second-order valence-electron chi connectivity index (χ2n) is 5.40. The van der Waals surface area contributed by atoms with Crippen molar-refractivity contribution >= 4 is 10.8 Å². The molecule has 0 aliphatic heterocycles. The standard InChI is InChI=1S/C17H18F/c1-12-6-8-13(9-7-12)14-10-11-17(18)16-5-3-2-4-15(14)16/h2-5,10-13H,1,6-9H2. The lowest BCUT2D eigenvalue weighted by molar-refractivity contribution is 0.375.